The third-order valence-electron chi connectivity index (χ3n) is 4.68. The van der Waals surface area contributed by atoms with Crippen LogP contribution in [0.5, 0.6) is 0 Å². The van der Waals surface area contributed by atoms with E-state index in [4.69, 9.17) is 0 Å². The van der Waals surface area contributed by atoms with Crippen molar-refractivity contribution in [2.75, 3.05) is 7.05 Å². The van der Waals surface area contributed by atoms with Crippen LogP contribution in [0.2, 0.25) is 0 Å². The minimum atomic E-state index is -0.0651. The van der Waals surface area contributed by atoms with E-state index in [0.29, 0.717) is 11.1 Å². The molecule has 0 aliphatic carbocycles. The fourth-order valence-corrected chi connectivity index (χ4v) is 3.04. The molecule has 1 amide bonds. The van der Waals surface area contributed by atoms with E-state index in [1.165, 1.54) is 0 Å². The van der Waals surface area contributed by atoms with Gasteiger partial charge in [-0.2, -0.15) is 5.26 Å². The fraction of sp³-hybridized carbons (Fsp3) is 0.130. The lowest BCUT2D eigenvalue weighted by molar-refractivity contribution is 0.0743. The fourth-order valence-electron chi connectivity index (χ4n) is 3.04. The van der Waals surface area contributed by atoms with Crippen molar-refractivity contribution in [3.8, 4) is 17.2 Å². The number of carbonyl (C=O) groups excluding carboxylic acids is 1. The van der Waals surface area contributed by atoms with Crippen LogP contribution in [0.4, 0.5) is 0 Å². The summed E-state index contributed by atoms with van der Waals surface area (Å²) in [5.41, 5.74) is 3.80. The van der Waals surface area contributed by atoms with Crippen molar-refractivity contribution in [1.29, 1.82) is 5.26 Å². The molecule has 3 heteroatoms. The van der Waals surface area contributed by atoms with Crippen LogP contribution < -0.4 is 0 Å². The molecule has 1 atom stereocenters. The van der Waals surface area contributed by atoms with Gasteiger partial charge in [-0.3, -0.25) is 4.79 Å². The number of carbonyl (C=O) groups is 1. The Hall–Kier alpha value is -3.38. The Balaban J connectivity index is 2.00. The second-order valence-electron chi connectivity index (χ2n) is 6.21. The highest BCUT2D eigenvalue weighted by atomic mass is 16.2. The lowest BCUT2D eigenvalue weighted by atomic mass is 9.95. The molecule has 0 saturated carbocycles. The summed E-state index contributed by atoms with van der Waals surface area (Å²) in [5, 5.41) is 9.41. The number of amides is 1. The first-order valence-electron chi connectivity index (χ1n) is 8.54. The van der Waals surface area contributed by atoms with E-state index in [1.54, 1.807) is 11.0 Å². The molecule has 0 N–H and O–H groups in total. The number of rotatable bonds is 4. The molecule has 3 nitrogen and oxygen atoms in total. The molecule has 26 heavy (non-hydrogen) atoms. The molecule has 0 heterocycles. The van der Waals surface area contributed by atoms with Crippen LogP contribution in [-0.2, 0) is 0 Å². The third kappa shape index (κ3) is 3.36. The van der Waals surface area contributed by atoms with Gasteiger partial charge in [0.25, 0.3) is 5.91 Å². The van der Waals surface area contributed by atoms with Crippen LogP contribution in [0.15, 0.2) is 78.9 Å². The van der Waals surface area contributed by atoms with Crippen LogP contribution in [0.25, 0.3) is 11.1 Å². The minimum Gasteiger partial charge on any atom is -0.335 e. The topological polar surface area (TPSA) is 44.1 Å². The van der Waals surface area contributed by atoms with Gasteiger partial charge in [0.15, 0.2) is 0 Å². The molecule has 0 radical (unpaired) electrons. The molecule has 3 aromatic carbocycles. The van der Waals surface area contributed by atoms with Crippen LogP contribution >= 0.6 is 0 Å². The Kier molecular flexibility index (Phi) is 5.15. The van der Waals surface area contributed by atoms with Crippen LogP contribution in [-0.4, -0.2) is 17.9 Å². The largest absolute Gasteiger partial charge is 0.335 e. The van der Waals surface area contributed by atoms with Gasteiger partial charge in [0.05, 0.1) is 17.7 Å². The maximum Gasteiger partial charge on any atom is 0.254 e. The predicted molar refractivity (Wildman–Crippen MR) is 104 cm³/mol. The molecular formula is C23H20N2O. The molecule has 0 aromatic heterocycles. The van der Waals surface area contributed by atoms with Crippen molar-refractivity contribution in [2.45, 2.75) is 13.0 Å². The summed E-state index contributed by atoms with van der Waals surface area (Å²) in [6, 6.07) is 26.9. The summed E-state index contributed by atoms with van der Waals surface area (Å²) in [5.74, 6) is -0.0651. The van der Waals surface area contributed by atoms with E-state index >= 15 is 0 Å². The summed E-state index contributed by atoms with van der Waals surface area (Å²) in [6.45, 7) is 2.01. The quantitative estimate of drug-likeness (QED) is 0.666. The van der Waals surface area contributed by atoms with Gasteiger partial charge < -0.3 is 4.90 Å². The zero-order valence-electron chi connectivity index (χ0n) is 14.9. The number of benzene rings is 3. The maximum absolute atomic E-state index is 13.2. The second-order valence-corrected chi connectivity index (χ2v) is 6.21. The highest BCUT2D eigenvalue weighted by Gasteiger charge is 2.22. The minimum absolute atomic E-state index is 0.0528. The number of nitriles is 1. The van der Waals surface area contributed by atoms with E-state index in [1.807, 2.05) is 86.8 Å². The van der Waals surface area contributed by atoms with Gasteiger partial charge >= 0.3 is 0 Å². The number of hydrogen-bond acceptors (Lipinski definition) is 2. The standard InChI is InChI=1S/C23H20N2O/c1-17(18-10-4-3-5-11-18)25(2)23(26)22-15-9-8-14-21(22)20-13-7-6-12-19(20)16-24/h3-15,17H,1-2H3. The normalized spacial score (nSPS) is 11.4. The van der Waals surface area contributed by atoms with Gasteiger partial charge in [0, 0.05) is 18.2 Å². The molecule has 0 spiro atoms. The SMILES string of the molecule is CC(c1ccccc1)N(C)C(=O)c1ccccc1-c1ccccc1C#N. The van der Waals surface area contributed by atoms with Crippen molar-refractivity contribution in [3.05, 3.63) is 95.6 Å². The zero-order valence-corrected chi connectivity index (χ0v) is 14.9. The number of nitrogens with zero attached hydrogens (tertiary/aromatic N) is 2. The molecule has 0 saturated heterocycles. The van der Waals surface area contributed by atoms with Gasteiger partial charge in [0.1, 0.15) is 0 Å². The Morgan fingerprint density at radius 1 is 0.885 bits per heavy atom. The molecule has 1 unspecified atom stereocenters. The first-order valence-corrected chi connectivity index (χ1v) is 8.54. The van der Waals surface area contributed by atoms with Gasteiger partial charge in [-0.05, 0) is 30.2 Å². The smallest absolute Gasteiger partial charge is 0.254 e. The third-order valence-corrected chi connectivity index (χ3v) is 4.68. The molecule has 0 aliphatic rings. The zero-order chi connectivity index (χ0) is 18.5. The highest BCUT2D eigenvalue weighted by Crippen LogP contribution is 2.29. The van der Waals surface area contributed by atoms with Crippen molar-refractivity contribution in [2.24, 2.45) is 0 Å². The molecule has 0 fully saturated rings. The average molecular weight is 340 g/mol. The van der Waals surface area contributed by atoms with Crippen molar-refractivity contribution in [3.63, 3.8) is 0 Å². The molecular weight excluding hydrogens is 320 g/mol. The Bertz CT molecular complexity index is 957. The molecule has 0 aliphatic heterocycles. The van der Waals surface area contributed by atoms with Crippen LogP contribution in [0, 0.1) is 11.3 Å². The maximum atomic E-state index is 13.2. The summed E-state index contributed by atoms with van der Waals surface area (Å²) in [6.07, 6.45) is 0. The summed E-state index contributed by atoms with van der Waals surface area (Å²) in [7, 11) is 1.81. The highest BCUT2D eigenvalue weighted by molar-refractivity contribution is 6.01. The van der Waals surface area contributed by atoms with E-state index in [2.05, 4.69) is 6.07 Å². The van der Waals surface area contributed by atoms with E-state index in [-0.39, 0.29) is 11.9 Å². The Morgan fingerprint density at radius 3 is 2.15 bits per heavy atom. The van der Waals surface area contributed by atoms with Crippen LogP contribution in [0.3, 0.4) is 0 Å². The molecule has 128 valence electrons. The Morgan fingerprint density at radius 2 is 1.46 bits per heavy atom. The summed E-state index contributed by atoms with van der Waals surface area (Å²) in [4.78, 5) is 14.9. The average Bonchev–Trinajstić information content (AvgIpc) is 2.72. The van der Waals surface area contributed by atoms with E-state index in [0.717, 1.165) is 16.7 Å². The second kappa shape index (κ2) is 7.67. The van der Waals surface area contributed by atoms with Crippen molar-refractivity contribution >= 4 is 5.91 Å². The lowest BCUT2D eigenvalue weighted by Gasteiger charge is -2.26. The predicted octanol–water partition coefficient (Wildman–Crippen LogP) is 5.06. The molecule has 0 bridgehead atoms. The van der Waals surface area contributed by atoms with E-state index in [9.17, 15) is 10.1 Å². The molecule has 3 aromatic rings. The van der Waals surface area contributed by atoms with Crippen LogP contribution in [0.1, 0.15) is 34.5 Å². The van der Waals surface area contributed by atoms with Gasteiger partial charge in [-0.1, -0.05) is 66.7 Å². The Labute approximate surface area is 154 Å². The number of hydrogen-bond donors (Lipinski definition) is 0. The van der Waals surface area contributed by atoms with Gasteiger partial charge in [-0.15, -0.1) is 0 Å². The lowest BCUT2D eigenvalue weighted by Crippen LogP contribution is -2.30. The first-order chi connectivity index (χ1) is 12.6. The van der Waals surface area contributed by atoms with Crippen molar-refractivity contribution in [1.82, 2.24) is 4.90 Å². The monoisotopic (exact) mass is 340 g/mol. The summed E-state index contributed by atoms with van der Waals surface area (Å²) < 4.78 is 0. The molecule has 3 rings (SSSR count). The van der Waals surface area contributed by atoms with Gasteiger partial charge in [0.2, 0.25) is 0 Å². The van der Waals surface area contributed by atoms with Crippen molar-refractivity contribution < 1.29 is 4.79 Å². The van der Waals surface area contributed by atoms with Gasteiger partial charge in [-0.25, -0.2) is 0 Å². The van der Waals surface area contributed by atoms with E-state index < -0.39 is 0 Å². The first kappa shape index (κ1) is 17.4. The summed E-state index contributed by atoms with van der Waals surface area (Å²) >= 11 is 0.